The van der Waals surface area contributed by atoms with Crippen LogP contribution in [0.5, 0.6) is 0 Å². The van der Waals surface area contributed by atoms with E-state index >= 15 is 0 Å². The number of rotatable bonds is 4. The zero-order valence-electron chi connectivity index (χ0n) is 21.1. The van der Waals surface area contributed by atoms with Gasteiger partial charge in [-0.3, -0.25) is 9.69 Å². The van der Waals surface area contributed by atoms with Gasteiger partial charge in [-0.1, -0.05) is 26.0 Å². The highest BCUT2D eigenvalue weighted by Gasteiger charge is 2.32. The first kappa shape index (κ1) is 26.6. The van der Waals surface area contributed by atoms with Crippen molar-refractivity contribution in [3.05, 3.63) is 77.4 Å². The Bertz CT molecular complexity index is 1220. The van der Waals surface area contributed by atoms with Crippen LogP contribution in [-0.4, -0.2) is 40.9 Å². The van der Waals surface area contributed by atoms with Gasteiger partial charge < -0.3 is 10.6 Å². The number of carbonyl (C=O) groups is 1. The van der Waals surface area contributed by atoms with Crippen LogP contribution < -0.4 is 10.6 Å². The SMILES string of the molecule is CC1CCN(Cc2cc(-c3ccc4c(c3)CN(c3cncnc3)CC4C)cc(C(F)(F)F)c2)C1.NC=O. The third-order valence-corrected chi connectivity index (χ3v) is 7.01. The highest BCUT2D eigenvalue weighted by Crippen LogP contribution is 2.37. The minimum Gasteiger partial charge on any atom is -0.372 e. The first-order valence-corrected chi connectivity index (χ1v) is 12.4. The molecule has 1 amide bonds. The minimum atomic E-state index is -4.38. The van der Waals surface area contributed by atoms with Crippen molar-refractivity contribution in [2.45, 2.75) is 45.5 Å². The van der Waals surface area contributed by atoms with Crippen molar-refractivity contribution < 1.29 is 18.0 Å². The molecule has 2 unspecified atom stereocenters. The molecule has 9 heteroatoms. The number of benzene rings is 2. The fraction of sp³-hybridized carbons (Fsp3) is 0.393. The number of likely N-dealkylation sites (tertiary alicyclic amines) is 1. The van der Waals surface area contributed by atoms with Gasteiger partial charge in [0.25, 0.3) is 0 Å². The van der Waals surface area contributed by atoms with Crippen LogP contribution in [0.25, 0.3) is 11.1 Å². The monoisotopic (exact) mass is 511 g/mol. The summed E-state index contributed by atoms with van der Waals surface area (Å²) in [7, 11) is 0. The molecule has 1 fully saturated rings. The second-order valence-electron chi connectivity index (χ2n) is 9.97. The molecule has 196 valence electrons. The number of amides is 1. The van der Waals surface area contributed by atoms with Crippen LogP contribution >= 0.6 is 0 Å². The minimum absolute atomic E-state index is 0.250. The summed E-state index contributed by atoms with van der Waals surface area (Å²) in [5.74, 6) is 0.887. The first-order chi connectivity index (χ1) is 17.7. The Morgan fingerprint density at radius 3 is 2.43 bits per heavy atom. The normalized spacial score (nSPS) is 19.6. The summed E-state index contributed by atoms with van der Waals surface area (Å²) in [4.78, 5) is 21.3. The van der Waals surface area contributed by atoms with Crippen molar-refractivity contribution in [1.82, 2.24) is 14.9 Å². The van der Waals surface area contributed by atoms with Gasteiger partial charge in [-0.05, 0) is 76.9 Å². The molecule has 0 aliphatic carbocycles. The standard InChI is InChI=1S/C27H29F3N4.CH3NO/c1-18-5-6-33(13-18)15-20-7-22(10-24(8-20)27(28,29)30)21-3-4-26-19(2)14-34(16-23(26)9-21)25-11-31-17-32-12-25;2-1-3/h3-4,7-12,17-19H,5-6,13-16H2,1-2H3;1H,(H2,2,3). The highest BCUT2D eigenvalue weighted by molar-refractivity contribution is 5.68. The van der Waals surface area contributed by atoms with Gasteiger partial charge in [0.15, 0.2) is 0 Å². The second-order valence-corrected chi connectivity index (χ2v) is 9.97. The Labute approximate surface area is 215 Å². The van der Waals surface area contributed by atoms with Gasteiger partial charge in [-0.2, -0.15) is 13.2 Å². The molecule has 3 heterocycles. The first-order valence-electron chi connectivity index (χ1n) is 12.4. The number of alkyl halides is 3. The molecule has 2 aliphatic rings. The molecule has 0 spiro atoms. The van der Waals surface area contributed by atoms with Crippen LogP contribution in [0.1, 0.15) is 48.4 Å². The van der Waals surface area contributed by atoms with Crippen LogP contribution in [0.15, 0.2) is 55.1 Å². The maximum Gasteiger partial charge on any atom is 0.416 e. The zero-order valence-corrected chi connectivity index (χ0v) is 21.1. The smallest absolute Gasteiger partial charge is 0.372 e. The molecular weight excluding hydrogens is 479 g/mol. The van der Waals surface area contributed by atoms with Gasteiger partial charge in [0.2, 0.25) is 6.41 Å². The fourth-order valence-electron chi connectivity index (χ4n) is 5.30. The van der Waals surface area contributed by atoms with Crippen molar-refractivity contribution in [2.75, 3.05) is 24.5 Å². The van der Waals surface area contributed by atoms with E-state index < -0.39 is 11.7 Å². The van der Waals surface area contributed by atoms with E-state index in [0.29, 0.717) is 36.1 Å². The predicted molar refractivity (Wildman–Crippen MR) is 138 cm³/mol. The lowest BCUT2D eigenvalue weighted by Gasteiger charge is -2.34. The quantitative estimate of drug-likeness (QED) is 0.486. The number of halogens is 3. The molecule has 0 saturated carbocycles. The summed E-state index contributed by atoms with van der Waals surface area (Å²) in [6.45, 7) is 8.30. The topological polar surface area (TPSA) is 75.3 Å². The van der Waals surface area contributed by atoms with Crippen molar-refractivity contribution in [3.63, 3.8) is 0 Å². The largest absolute Gasteiger partial charge is 0.416 e. The third kappa shape index (κ3) is 6.46. The summed E-state index contributed by atoms with van der Waals surface area (Å²) < 4.78 is 41.3. The molecule has 2 aromatic carbocycles. The third-order valence-electron chi connectivity index (χ3n) is 7.01. The van der Waals surface area contributed by atoms with Crippen LogP contribution in [0.3, 0.4) is 0 Å². The molecule has 2 atom stereocenters. The Balaban J connectivity index is 0.00000102. The summed E-state index contributed by atoms with van der Waals surface area (Å²) in [6.07, 6.45) is 2.07. The number of carbonyl (C=O) groups excluding carboxylic acids is 1. The summed E-state index contributed by atoms with van der Waals surface area (Å²) in [5.41, 5.74) is 9.07. The van der Waals surface area contributed by atoms with Crippen LogP contribution in [0, 0.1) is 5.92 Å². The number of fused-ring (bicyclic) bond motifs is 1. The number of hydrogen-bond donors (Lipinski definition) is 1. The van der Waals surface area contributed by atoms with Gasteiger partial charge in [0, 0.05) is 26.2 Å². The lowest BCUT2D eigenvalue weighted by molar-refractivity contribution is -0.137. The average molecular weight is 512 g/mol. The van der Waals surface area contributed by atoms with Gasteiger partial charge in [-0.25, -0.2) is 9.97 Å². The summed E-state index contributed by atoms with van der Waals surface area (Å²) in [5, 5.41) is 0. The zero-order chi connectivity index (χ0) is 26.6. The van der Waals surface area contributed by atoms with Gasteiger partial charge >= 0.3 is 6.18 Å². The number of primary amides is 1. The maximum atomic E-state index is 13.8. The lowest BCUT2D eigenvalue weighted by atomic mass is 9.88. The van der Waals surface area contributed by atoms with Crippen LogP contribution in [0.2, 0.25) is 0 Å². The molecule has 2 N–H and O–H groups in total. The highest BCUT2D eigenvalue weighted by atomic mass is 19.4. The summed E-state index contributed by atoms with van der Waals surface area (Å²) >= 11 is 0. The molecule has 2 aliphatic heterocycles. The van der Waals surface area contributed by atoms with Crippen molar-refractivity contribution in [1.29, 1.82) is 0 Å². The molecule has 5 rings (SSSR count). The Morgan fingerprint density at radius 1 is 1.05 bits per heavy atom. The molecule has 0 bridgehead atoms. The second kappa shape index (κ2) is 11.3. The van der Waals surface area contributed by atoms with E-state index in [1.807, 2.05) is 12.1 Å². The van der Waals surface area contributed by atoms with Gasteiger partial charge in [0.1, 0.15) is 6.33 Å². The molecular formula is C28H32F3N5O. The van der Waals surface area contributed by atoms with E-state index in [4.69, 9.17) is 4.79 Å². The van der Waals surface area contributed by atoms with Gasteiger partial charge in [0.05, 0.1) is 23.6 Å². The van der Waals surface area contributed by atoms with E-state index in [9.17, 15) is 13.2 Å². The van der Waals surface area contributed by atoms with E-state index in [0.717, 1.165) is 42.9 Å². The number of nitrogens with zero attached hydrogens (tertiary/aromatic N) is 4. The molecule has 3 aromatic rings. The van der Waals surface area contributed by atoms with E-state index in [1.54, 1.807) is 12.4 Å². The average Bonchev–Trinajstić information content (AvgIpc) is 3.28. The van der Waals surface area contributed by atoms with Crippen molar-refractivity contribution in [2.24, 2.45) is 11.7 Å². The number of aromatic nitrogens is 2. The van der Waals surface area contributed by atoms with Crippen LogP contribution in [-0.2, 0) is 24.1 Å². The summed E-state index contributed by atoms with van der Waals surface area (Å²) in [6, 6.07) is 10.6. The molecule has 37 heavy (non-hydrogen) atoms. The Morgan fingerprint density at radius 2 is 1.78 bits per heavy atom. The van der Waals surface area contributed by atoms with E-state index in [1.165, 1.54) is 24.0 Å². The lowest BCUT2D eigenvalue weighted by Crippen LogP contribution is -2.32. The van der Waals surface area contributed by atoms with Crippen molar-refractivity contribution in [3.8, 4) is 11.1 Å². The molecule has 0 radical (unpaired) electrons. The van der Waals surface area contributed by atoms with Gasteiger partial charge in [-0.15, -0.1) is 0 Å². The Hall–Kier alpha value is -3.46. The number of anilines is 1. The van der Waals surface area contributed by atoms with Crippen LogP contribution in [0.4, 0.5) is 18.9 Å². The maximum absolute atomic E-state index is 13.8. The van der Waals surface area contributed by atoms with E-state index in [2.05, 4.69) is 51.5 Å². The number of hydrogen-bond acceptors (Lipinski definition) is 5. The predicted octanol–water partition coefficient (Wildman–Crippen LogP) is 5.23. The molecule has 6 nitrogen and oxygen atoms in total. The number of nitrogens with two attached hydrogens (primary N) is 1. The van der Waals surface area contributed by atoms with Crippen molar-refractivity contribution >= 4 is 12.1 Å². The van der Waals surface area contributed by atoms with E-state index in [-0.39, 0.29) is 6.41 Å². The molecule has 1 saturated heterocycles. The Kier molecular flexibility index (Phi) is 8.12. The molecule has 1 aromatic heterocycles. The fourth-order valence-corrected chi connectivity index (χ4v) is 5.30.